The zero-order valence-corrected chi connectivity index (χ0v) is 11.0. The first-order valence-corrected chi connectivity index (χ1v) is 6.77. The molecule has 0 saturated carbocycles. The highest BCUT2D eigenvalue weighted by Gasteiger charge is 2.27. The van der Waals surface area contributed by atoms with Gasteiger partial charge in [-0.05, 0) is 43.8 Å². The number of benzene rings is 1. The van der Waals surface area contributed by atoms with Crippen LogP contribution in [0.3, 0.4) is 0 Å². The first-order chi connectivity index (χ1) is 8.68. The summed E-state index contributed by atoms with van der Waals surface area (Å²) in [4.78, 5) is 14.0. The molecule has 0 unspecified atom stereocenters. The monoisotopic (exact) mass is 246 g/mol. The zero-order valence-electron chi connectivity index (χ0n) is 11.0. The Morgan fingerprint density at radius 2 is 2.00 bits per heavy atom. The van der Waals surface area contributed by atoms with Gasteiger partial charge in [-0.25, -0.2) is 0 Å². The lowest BCUT2D eigenvalue weighted by atomic mass is 10.0. The average Bonchev–Trinajstić information content (AvgIpc) is 2.56. The lowest BCUT2D eigenvalue weighted by molar-refractivity contribution is -0.123. The number of carbonyl (C=O) groups excluding carboxylic acids is 1. The van der Waals surface area contributed by atoms with E-state index in [2.05, 4.69) is 11.8 Å². The minimum Gasteiger partial charge on any atom is -0.368 e. The Bertz CT molecular complexity index is 391. The maximum absolute atomic E-state index is 11.8. The van der Waals surface area contributed by atoms with E-state index in [9.17, 15) is 4.79 Å². The van der Waals surface area contributed by atoms with Gasteiger partial charge in [-0.15, -0.1) is 0 Å². The Kier molecular flexibility index (Phi) is 4.37. The van der Waals surface area contributed by atoms with Crippen molar-refractivity contribution in [1.82, 2.24) is 4.90 Å². The van der Waals surface area contributed by atoms with E-state index in [-0.39, 0.29) is 11.9 Å². The minimum atomic E-state index is -0.267. The van der Waals surface area contributed by atoms with Crippen LogP contribution in [0.1, 0.15) is 37.8 Å². The molecule has 3 nitrogen and oxygen atoms in total. The predicted octanol–water partition coefficient (Wildman–Crippen LogP) is 2.33. The lowest BCUT2D eigenvalue weighted by Crippen LogP contribution is -2.38. The number of rotatable bonds is 3. The molecule has 1 fully saturated rings. The van der Waals surface area contributed by atoms with Gasteiger partial charge in [0, 0.05) is 0 Å². The average molecular weight is 246 g/mol. The molecule has 2 N–H and O–H groups in total. The number of likely N-dealkylation sites (tertiary alicyclic amines) is 1. The molecule has 18 heavy (non-hydrogen) atoms. The van der Waals surface area contributed by atoms with Gasteiger partial charge in [0.15, 0.2) is 0 Å². The molecule has 3 heteroatoms. The number of nitrogens with two attached hydrogens (primary N) is 1. The largest absolute Gasteiger partial charge is 0.368 e. The van der Waals surface area contributed by atoms with Gasteiger partial charge in [0.1, 0.15) is 6.04 Å². The van der Waals surface area contributed by atoms with E-state index >= 15 is 0 Å². The van der Waals surface area contributed by atoms with E-state index < -0.39 is 0 Å². The molecule has 0 radical (unpaired) electrons. The Labute approximate surface area is 109 Å². The summed E-state index contributed by atoms with van der Waals surface area (Å²) in [6.07, 6.45) is 3.55. The number of amides is 1. The van der Waals surface area contributed by atoms with Crippen LogP contribution in [0.5, 0.6) is 0 Å². The second kappa shape index (κ2) is 6.01. The molecule has 2 rings (SSSR count). The predicted molar refractivity (Wildman–Crippen MR) is 73.0 cm³/mol. The fraction of sp³-hybridized carbons (Fsp3) is 0.533. The highest BCUT2D eigenvalue weighted by atomic mass is 16.1. The van der Waals surface area contributed by atoms with Crippen LogP contribution >= 0.6 is 0 Å². The van der Waals surface area contributed by atoms with Gasteiger partial charge in [-0.3, -0.25) is 9.69 Å². The fourth-order valence-corrected chi connectivity index (χ4v) is 2.73. The van der Waals surface area contributed by atoms with Crippen LogP contribution in [0.15, 0.2) is 30.3 Å². The van der Waals surface area contributed by atoms with Crippen molar-refractivity contribution in [2.24, 2.45) is 11.7 Å². The molecule has 1 aliphatic heterocycles. The maximum Gasteiger partial charge on any atom is 0.239 e. The molecule has 0 bridgehead atoms. The van der Waals surface area contributed by atoms with Crippen LogP contribution in [0.4, 0.5) is 0 Å². The van der Waals surface area contributed by atoms with E-state index in [0.29, 0.717) is 0 Å². The number of nitrogens with zero attached hydrogens (tertiary/aromatic N) is 1. The molecule has 1 aromatic rings. The van der Waals surface area contributed by atoms with Gasteiger partial charge in [0.05, 0.1) is 0 Å². The molecular weight excluding hydrogens is 224 g/mol. The van der Waals surface area contributed by atoms with Gasteiger partial charge in [-0.2, -0.15) is 0 Å². The SMILES string of the molecule is C[C@H]1CCCN([C@H](C(N)=O)c2ccccc2)CC1. The van der Waals surface area contributed by atoms with Crippen LogP contribution < -0.4 is 5.73 Å². The topological polar surface area (TPSA) is 46.3 Å². The standard InChI is InChI=1S/C15H22N2O/c1-12-6-5-10-17(11-9-12)14(15(16)18)13-7-3-2-4-8-13/h2-4,7-8,12,14H,5-6,9-11H2,1H3,(H2,16,18)/t12-,14-/m0/s1. The molecule has 1 heterocycles. The number of primary amides is 1. The van der Waals surface area contributed by atoms with Crippen molar-refractivity contribution in [2.45, 2.75) is 32.2 Å². The molecule has 0 aliphatic carbocycles. The van der Waals surface area contributed by atoms with Crippen LogP contribution in [-0.4, -0.2) is 23.9 Å². The first kappa shape index (κ1) is 13.1. The summed E-state index contributed by atoms with van der Waals surface area (Å²) >= 11 is 0. The summed E-state index contributed by atoms with van der Waals surface area (Å²) in [5, 5.41) is 0. The van der Waals surface area contributed by atoms with Crippen LogP contribution in [0.2, 0.25) is 0 Å². The van der Waals surface area contributed by atoms with Crippen molar-refractivity contribution in [3.8, 4) is 0 Å². The molecule has 1 saturated heterocycles. The van der Waals surface area contributed by atoms with Gasteiger partial charge < -0.3 is 5.73 Å². The highest BCUT2D eigenvalue weighted by molar-refractivity contribution is 5.81. The normalized spacial score (nSPS) is 23.3. The third kappa shape index (κ3) is 3.10. The molecule has 1 amide bonds. The summed E-state index contributed by atoms with van der Waals surface area (Å²) in [5.74, 6) is 0.509. The van der Waals surface area contributed by atoms with Gasteiger partial charge >= 0.3 is 0 Å². The van der Waals surface area contributed by atoms with Crippen molar-refractivity contribution < 1.29 is 4.79 Å². The molecular formula is C15H22N2O. The molecule has 98 valence electrons. The van der Waals surface area contributed by atoms with E-state index in [1.54, 1.807) is 0 Å². The fourth-order valence-electron chi connectivity index (χ4n) is 2.73. The first-order valence-electron chi connectivity index (χ1n) is 6.77. The molecule has 1 aliphatic rings. The Morgan fingerprint density at radius 1 is 1.28 bits per heavy atom. The van der Waals surface area contributed by atoms with Crippen molar-refractivity contribution in [3.05, 3.63) is 35.9 Å². The van der Waals surface area contributed by atoms with Crippen LogP contribution in [0.25, 0.3) is 0 Å². The van der Waals surface area contributed by atoms with Crippen molar-refractivity contribution in [1.29, 1.82) is 0 Å². The third-order valence-corrected chi connectivity index (χ3v) is 3.80. The summed E-state index contributed by atoms with van der Waals surface area (Å²) in [6, 6.07) is 9.60. The molecule has 0 spiro atoms. The van der Waals surface area contributed by atoms with Crippen LogP contribution in [0, 0.1) is 5.92 Å². The van der Waals surface area contributed by atoms with E-state index in [1.807, 2.05) is 30.3 Å². The molecule has 2 atom stereocenters. The summed E-state index contributed by atoms with van der Waals surface area (Å²) in [7, 11) is 0. The van der Waals surface area contributed by atoms with Crippen molar-refractivity contribution >= 4 is 5.91 Å². The number of carbonyl (C=O) groups is 1. The Balaban J connectivity index is 2.17. The van der Waals surface area contributed by atoms with E-state index in [1.165, 1.54) is 6.42 Å². The van der Waals surface area contributed by atoms with Crippen LogP contribution in [-0.2, 0) is 4.79 Å². The highest BCUT2D eigenvalue weighted by Crippen LogP contribution is 2.25. The summed E-state index contributed by atoms with van der Waals surface area (Å²) in [6.45, 7) is 4.21. The van der Waals surface area contributed by atoms with E-state index in [4.69, 9.17) is 5.73 Å². The third-order valence-electron chi connectivity index (χ3n) is 3.80. The summed E-state index contributed by atoms with van der Waals surface area (Å²) in [5.41, 5.74) is 6.62. The van der Waals surface area contributed by atoms with Crippen molar-refractivity contribution in [2.75, 3.05) is 13.1 Å². The van der Waals surface area contributed by atoms with Gasteiger partial charge in [0.25, 0.3) is 0 Å². The van der Waals surface area contributed by atoms with E-state index in [0.717, 1.165) is 37.4 Å². The van der Waals surface area contributed by atoms with Crippen molar-refractivity contribution in [3.63, 3.8) is 0 Å². The second-order valence-corrected chi connectivity index (χ2v) is 5.29. The second-order valence-electron chi connectivity index (χ2n) is 5.29. The molecule has 0 aromatic heterocycles. The number of hydrogen-bond donors (Lipinski definition) is 1. The smallest absolute Gasteiger partial charge is 0.239 e. The van der Waals surface area contributed by atoms with Gasteiger partial charge in [0.2, 0.25) is 5.91 Å². The zero-order chi connectivity index (χ0) is 13.0. The lowest BCUT2D eigenvalue weighted by Gasteiger charge is -2.28. The summed E-state index contributed by atoms with van der Waals surface area (Å²) < 4.78 is 0. The number of hydrogen-bond acceptors (Lipinski definition) is 2. The van der Waals surface area contributed by atoms with Gasteiger partial charge in [-0.1, -0.05) is 37.3 Å². The molecule has 1 aromatic carbocycles. The quantitative estimate of drug-likeness (QED) is 0.889. The maximum atomic E-state index is 11.8. The minimum absolute atomic E-state index is 0.240. The Hall–Kier alpha value is -1.35. The Morgan fingerprint density at radius 3 is 2.67 bits per heavy atom.